The van der Waals surface area contributed by atoms with Gasteiger partial charge < -0.3 is 16.0 Å². The fraction of sp³-hybridized carbons (Fsp3) is 0.778. The molecule has 14 heavy (non-hydrogen) atoms. The fourth-order valence-electron chi connectivity index (χ4n) is 2.45. The molecule has 1 saturated heterocycles. The van der Waals surface area contributed by atoms with Gasteiger partial charge in [-0.1, -0.05) is 6.42 Å². The minimum Gasteiger partial charge on any atom is -0.369 e. The molecule has 78 valence electrons. The molecule has 0 spiro atoms. The number of hydrogen-bond acceptors (Lipinski definition) is 2. The highest BCUT2D eigenvalue weighted by molar-refractivity contribution is 5.81. The van der Waals surface area contributed by atoms with Crippen LogP contribution in [-0.4, -0.2) is 36.0 Å². The van der Waals surface area contributed by atoms with Gasteiger partial charge in [-0.3, -0.25) is 4.79 Å². The van der Waals surface area contributed by atoms with Gasteiger partial charge in [0.25, 0.3) is 0 Å². The summed E-state index contributed by atoms with van der Waals surface area (Å²) in [6.45, 7) is 1.38. The van der Waals surface area contributed by atoms with Gasteiger partial charge in [-0.2, -0.15) is 0 Å². The molecule has 0 aromatic carbocycles. The summed E-state index contributed by atoms with van der Waals surface area (Å²) in [7, 11) is 0. The average Bonchev–Trinajstić information content (AvgIpc) is 2.70. The first-order chi connectivity index (χ1) is 6.70. The molecule has 2 aliphatic rings. The Hall–Kier alpha value is -1.26. The number of urea groups is 1. The molecule has 5 heteroatoms. The van der Waals surface area contributed by atoms with Crippen molar-refractivity contribution in [2.24, 2.45) is 11.7 Å². The zero-order valence-electron chi connectivity index (χ0n) is 8.03. The van der Waals surface area contributed by atoms with Crippen LogP contribution < -0.4 is 11.1 Å². The lowest BCUT2D eigenvalue weighted by molar-refractivity contribution is -0.122. The number of nitrogens with two attached hydrogens (primary N) is 1. The van der Waals surface area contributed by atoms with Crippen molar-refractivity contribution in [1.82, 2.24) is 10.2 Å². The molecule has 0 bridgehead atoms. The molecule has 1 aliphatic carbocycles. The Morgan fingerprint density at radius 3 is 2.86 bits per heavy atom. The van der Waals surface area contributed by atoms with Crippen LogP contribution >= 0.6 is 0 Å². The van der Waals surface area contributed by atoms with E-state index in [2.05, 4.69) is 5.32 Å². The molecule has 3 amide bonds. The average molecular weight is 197 g/mol. The number of rotatable bonds is 2. The maximum atomic E-state index is 11.4. The number of hydrogen-bond donors (Lipinski definition) is 2. The minimum atomic E-state index is -0.271. The van der Waals surface area contributed by atoms with Crippen LogP contribution in [0.2, 0.25) is 0 Å². The third-order valence-corrected chi connectivity index (χ3v) is 3.14. The molecule has 0 radical (unpaired) electrons. The largest absolute Gasteiger partial charge is 0.369 e. The van der Waals surface area contributed by atoms with Crippen molar-refractivity contribution in [2.75, 3.05) is 13.1 Å². The van der Waals surface area contributed by atoms with Crippen molar-refractivity contribution in [3.05, 3.63) is 0 Å². The van der Waals surface area contributed by atoms with E-state index in [9.17, 15) is 9.59 Å². The normalized spacial score (nSPS) is 32.0. The number of amides is 3. The second kappa shape index (κ2) is 3.48. The lowest BCUT2D eigenvalue weighted by Crippen LogP contribution is -2.44. The second-order valence-electron chi connectivity index (χ2n) is 3.93. The van der Waals surface area contributed by atoms with E-state index >= 15 is 0 Å². The van der Waals surface area contributed by atoms with Gasteiger partial charge in [0, 0.05) is 19.1 Å². The summed E-state index contributed by atoms with van der Waals surface area (Å²) < 4.78 is 0. The van der Waals surface area contributed by atoms with Crippen LogP contribution in [0.25, 0.3) is 0 Å². The highest BCUT2D eigenvalue weighted by atomic mass is 16.2. The third kappa shape index (κ3) is 1.42. The van der Waals surface area contributed by atoms with Crippen LogP contribution in [0.15, 0.2) is 0 Å². The van der Waals surface area contributed by atoms with Crippen molar-refractivity contribution >= 4 is 11.9 Å². The molecule has 5 nitrogen and oxygen atoms in total. The van der Waals surface area contributed by atoms with Gasteiger partial charge in [0.2, 0.25) is 5.91 Å². The molecule has 0 aromatic rings. The highest BCUT2D eigenvalue weighted by Gasteiger charge is 2.39. The van der Waals surface area contributed by atoms with Crippen molar-refractivity contribution in [3.63, 3.8) is 0 Å². The molecule has 2 unspecified atom stereocenters. The minimum absolute atomic E-state index is 0.0370. The zero-order chi connectivity index (χ0) is 10.1. The molecule has 2 rings (SSSR count). The Morgan fingerprint density at radius 2 is 2.29 bits per heavy atom. The van der Waals surface area contributed by atoms with Crippen molar-refractivity contribution < 1.29 is 9.59 Å². The van der Waals surface area contributed by atoms with E-state index in [0.717, 1.165) is 19.3 Å². The van der Waals surface area contributed by atoms with E-state index in [1.54, 1.807) is 4.90 Å². The smallest absolute Gasteiger partial charge is 0.317 e. The molecule has 1 heterocycles. The number of nitrogens with one attached hydrogen (secondary N) is 1. The summed E-state index contributed by atoms with van der Waals surface area (Å²) >= 11 is 0. The molecule has 0 aromatic heterocycles. The summed E-state index contributed by atoms with van der Waals surface area (Å²) in [5.74, 6) is -0.411. The zero-order valence-corrected chi connectivity index (χ0v) is 8.03. The topological polar surface area (TPSA) is 75.4 Å². The molecular weight excluding hydrogens is 182 g/mol. The van der Waals surface area contributed by atoms with E-state index in [0.29, 0.717) is 13.1 Å². The molecule has 2 fully saturated rings. The van der Waals surface area contributed by atoms with Crippen LogP contribution in [0.3, 0.4) is 0 Å². The van der Waals surface area contributed by atoms with E-state index in [-0.39, 0.29) is 23.9 Å². The summed E-state index contributed by atoms with van der Waals surface area (Å²) in [5.41, 5.74) is 5.30. The molecule has 2 atom stereocenters. The second-order valence-corrected chi connectivity index (χ2v) is 3.93. The van der Waals surface area contributed by atoms with Crippen LogP contribution in [-0.2, 0) is 4.79 Å². The van der Waals surface area contributed by atoms with Gasteiger partial charge in [-0.25, -0.2) is 4.79 Å². The van der Waals surface area contributed by atoms with Crippen molar-refractivity contribution in [1.29, 1.82) is 0 Å². The standard InChI is InChI=1S/C9H15N3O2/c10-8(13)6-2-1-3-7(6)12-5-4-11-9(12)14/h6-7H,1-5H2,(H2,10,13)(H,11,14). The maximum Gasteiger partial charge on any atom is 0.317 e. The Labute approximate surface area is 82.6 Å². The fourth-order valence-corrected chi connectivity index (χ4v) is 2.45. The quantitative estimate of drug-likeness (QED) is 0.635. The first-order valence-corrected chi connectivity index (χ1v) is 5.04. The Bertz CT molecular complexity index is 267. The first-order valence-electron chi connectivity index (χ1n) is 5.04. The van der Waals surface area contributed by atoms with Crippen LogP contribution in [0.4, 0.5) is 4.79 Å². The first kappa shape index (κ1) is 9.30. The van der Waals surface area contributed by atoms with Crippen molar-refractivity contribution in [2.45, 2.75) is 25.3 Å². The van der Waals surface area contributed by atoms with E-state index in [4.69, 9.17) is 5.73 Å². The molecule has 1 aliphatic heterocycles. The third-order valence-electron chi connectivity index (χ3n) is 3.14. The number of carbonyl (C=O) groups excluding carboxylic acids is 2. The maximum absolute atomic E-state index is 11.4. The van der Waals surface area contributed by atoms with E-state index in [1.807, 2.05) is 0 Å². The number of primary amides is 1. The Morgan fingerprint density at radius 1 is 1.50 bits per heavy atom. The van der Waals surface area contributed by atoms with E-state index < -0.39 is 0 Å². The molecule has 3 N–H and O–H groups in total. The Balaban J connectivity index is 2.09. The van der Waals surface area contributed by atoms with Crippen LogP contribution in [0.5, 0.6) is 0 Å². The van der Waals surface area contributed by atoms with Crippen LogP contribution in [0.1, 0.15) is 19.3 Å². The van der Waals surface area contributed by atoms with Gasteiger partial charge in [0.1, 0.15) is 0 Å². The van der Waals surface area contributed by atoms with Gasteiger partial charge in [-0.15, -0.1) is 0 Å². The monoisotopic (exact) mass is 197 g/mol. The van der Waals surface area contributed by atoms with Gasteiger partial charge in [-0.05, 0) is 12.8 Å². The number of carbonyl (C=O) groups is 2. The lowest BCUT2D eigenvalue weighted by atomic mass is 10.0. The van der Waals surface area contributed by atoms with Crippen LogP contribution in [0, 0.1) is 5.92 Å². The highest BCUT2D eigenvalue weighted by Crippen LogP contribution is 2.30. The summed E-state index contributed by atoms with van der Waals surface area (Å²) in [6, 6.07) is -0.0156. The van der Waals surface area contributed by atoms with E-state index in [1.165, 1.54) is 0 Å². The molecule has 1 saturated carbocycles. The lowest BCUT2D eigenvalue weighted by Gasteiger charge is -2.26. The summed E-state index contributed by atoms with van der Waals surface area (Å²) in [5, 5.41) is 2.74. The number of nitrogens with zero attached hydrogens (tertiary/aromatic N) is 1. The summed E-state index contributed by atoms with van der Waals surface area (Å²) in [6.07, 6.45) is 2.72. The predicted molar refractivity (Wildman–Crippen MR) is 50.4 cm³/mol. The van der Waals surface area contributed by atoms with Gasteiger partial charge in [0.15, 0.2) is 0 Å². The predicted octanol–water partition coefficient (Wildman–Crippen LogP) is -0.334. The Kier molecular flexibility index (Phi) is 2.31. The van der Waals surface area contributed by atoms with Crippen molar-refractivity contribution in [3.8, 4) is 0 Å². The van der Waals surface area contributed by atoms with Gasteiger partial charge >= 0.3 is 6.03 Å². The molecular formula is C9H15N3O2. The van der Waals surface area contributed by atoms with Gasteiger partial charge in [0.05, 0.1) is 5.92 Å². The SMILES string of the molecule is NC(=O)C1CCCC1N1CCNC1=O. The summed E-state index contributed by atoms with van der Waals surface area (Å²) in [4.78, 5) is 24.3.